The molecule has 1 fully saturated rings. The number of hydrogen-bond acceptors (Lipinski definition) is 2. The molecule has 0 spiro atoms. The maximum Gasteiger partial charge on any atom is 0.141 e. The fourth-order valence-corrected chi connectivity index (χ4v) is 2.21. The Balaban J connectivity index is 1.71. The zero-order chi connectivity index (χ0) is 13.2. The smallest absolute Gasteiger partial charge is 0.141 e. The van der Waals surface area contributed by atoms with E-state index in [-0.39, 0.29) is 10.8 Å². The van der Waals surface area contributed by atoms with Gasteiger partial charge in [-0.05, 0) is 30.5 Å². The van der Waals surface area contributed by atoms with Gasteiger partial charge in [0.25, 0.3) is 0 Å². The maximum absolute atomic E-state index is 13.1. The number of aromatic nitrogens is 2. The van der Waals surface area contributed by atoms with E-state index < -0.39 is 0 Å². The van der Waals surface area contributed by atoms with Gasteiger partial charge in [-0.15, -0.1) is 0 Å². The van der Waals surface area contributed by atoms with Crippen LogP contribution in [0.1, 0.15) is 24.2 Å². The van der Waals surface area contributed by atoms with Crippen LogP contribution < -0.4 is 5.32 Å². The summed E-state index contributed by atoms with van der Waals surface area (Å²) in [6.45, 7) is 1.42. The van der Waals surface area contributed by atoms with Crippen molar-refractivity contribution in [2.24, 2.45) is 0 Å². The number of rotatable bonds is 5. The third kappa shape index (κ3) is 3.14. The largest absolute Gasteiger partial charge is 0.329 e. The van der Waals surface area contributed by atoms with Gasteiger partial charge in [-0.2, -0.15) is 0 Å². The van der Waals surface area contributed by atoms with Gasteiger partial charge in [-0.1, -0.05) is 17.7 Å². The van der Waals surface area contributed by atoms with Gasteiger partial charge in [0, 0.05) is 25.0 Å². The monoisotopic (exact) mass is 279 g/mol. The minimum atomic E-state index is -0.383. The Bertz CT molecular complexity index is 578. The van der Waals surface area contributed by atoms with E-state index >= 15 is 0 Å². The van der Waals surface area contributed by atoms with Crippen LogP contribution in [0.2, 0.25) is 5.02 Å². The van der Waals surface area contributed by atoms with Crippen LogP contribution in [0.15, 0.2) is 30.6 Å². The molecule has 5 heteroatoms. The number of halogens is 2. The molecule has 1 aromatic carbocycles. The number of nitrogens with one attached hydrogen (secondary N) is 1. The lowest BCUT2D eigenvalue weighted by Crippen LogP contribution is -2.19. The van der Waals surface area contributed by atoms with Crippen LogP contribution in [0.25, 0.3) is 0 Å². The fourth-order valence-electron chi connectivity index (χ4n) is 2.01. The quantitative estimate of drug-likeness (QED) is 0.912. The molecule has 0 radical (unpaired) electrons. The summed E-state index contributed by atoms with van der Waals surface area (Å²) in [5.41, 5.74) is 0.970. The first-order valence-corrected chi connectivity index (χ1v) is 6.77. The summed E-state index contributed by atoms with van der Waals surface area (Å²) in [6.07, 6.45) is 6.23. The van der Waals surface area contributed by atoms with E-state index in [0.717, 1.165) is 17.9 Å². The Kier molecular flexibility index (Phi) is 3.53. The minimum absolute atomic E-state index is 0.162. The maximum atomic E-state index is 13.1. The Morgan fingerprint density at radius 2 is 2.26 bits per heavy atom. The molecule has 100 valence electrons. The number of nitrogens with zero attached hydrogens (tertiary/aromatic N) is 2. The summed E-state index contributed by atoms with van der Waals surface area (Å²) < 4.78 is 15.2. The third-order valence-corrected chi connectivity index (χ3v) is 3.55. The van der Waals surface area contributed by atoms with Crippen molar-refractivity contribution in [3.63, 3.8) is 0 Å². The van der Waals surface area contributed by atoms with Crippen LogP contribution in [0.3, 0.4) is 0 Å². The highest BCUT2D eigenvalue weighted by Gasteiger charge is 2.20. The molecule has 3 rings (SSSR count). The van der Waals surface area contributed by atoms with Crippen molar-refractivity contribution in [1.82, 2.24) is 14.9 Å². The highest BCUT2D eigenvalue weighted by Crippen LogP contribution is 2.20. The molecule has 19 heavy (non-hydrogen) atoms. The SMILES string of the molecule is Fc1ccc(Cn2ccnc2CNC2CC2)cc1Cl. The molecule has 1 saturated carbocycles. The highest BCUT2D eigenvalue weighted by atomic mass is 35.5. The number of benzene rings is 1. The van der Waals surface area contributed by atoms with Crippen LogP contribution in [-0.2, 0) is 13.1 Å². The lowest BCUT2D eigenvalue weighted by atomic mass is 10.2. The van der Waals surface area contributed by atoms with Gasteiger partial charge >= 0.3 is 0 Å². The normalized spacial score (nSPS) is 14.8. The van der Waals surface area contributed by atoms with Crippen molar-refractivity contribution in [3.8, 4) is 0 Å². The Morgan fingerprint density at radius 1 is 1.42 bits per heavy atom. The zero-order valence-corrected chi connectivity index (χ0v) is 11.2. The van der Waals surface area contributed by atoms with E-state index in [2.05, 4.69) is 14.9 Å². The van der Waals surface area contributed by atoms with Crippen molar-refractivity contribution < 1.29 is 4.39 Å². The van der Waals surface area contributed by atoms with Gasteiger partial charge in [0.05, 0.1) is 11.6 Å². The van der Waals surface area contributed by atoms with Gasteiger partial charge in [-0.3, -0.25) is 0 Å². The van der Waals surface area contributed by atoms with Gasteiger partial charge in [0.15, 0.2) is 0 Å². The number of imidazole rings is 1. The van der Waals surface area contributed by atoms with E-state index in [0.29, 0.717) is 12.6 Å². The topological polar surface area (TPSA) is 29.9 Å². The first-order chi connectivity index (χ1) is 9.22. The van der Waals surface area contributed by atoms with Crippen molar-refractivity contribution in [2.45, 2.75) is 32.0 Å². The summed E-state index contributed by atoms with van der Waals surface area (Å²) in [5, 5.41) is 3.60. The standard InChI is InChI=1S/C14H15ClFN3/c15-12-7-10(1-4-13(12)16)9-19-6-5-17-14(19)8-18-11-2-3-11/h1,4-7,11,18H,2-3,8-9H2. The Labute approximate surface area is 116 Å². The molecule has 1 aliphatic carbocycles. The second-order valence-corrected chi connectivity index (χ2v) is 5.28. The second kappa shape index (κ2) is 5.31. The van der Waals surface area contributed by atoms with Crippen molar-refractivity contribution >= 4 is 11.6 Å². The van der Waals surface area contributed by atoms with E-state index in [1.165, 1.54) is 18.9 Å². The fraction of sp³-hybridized carbons (Fsp3) is 0.357. The molecule has 0 aliphatic heterocycles. The summed E-state index contributed by atoms with van der Waals surface area (Å²) in [6, 6.07) is 5.47. The van der Waals surface area contributed by atoms with Crippen LogP contribution in [0.5, 0.6) is 0 Å². The molecule has 3 nitrogen and oxygen atoms in total. The molecular weight excluding hydrogens is 265 g/mol. The lowest BCUT2D eigenvalue weighted by molar-refractivity contribution is 0.614. The van der Waals surface area contributed by atoms with E-state index in [1.807, 2.05) is 6.20 Å². The first-order valence-electron chi connectivity index (χ1n) is 6.40. The molecule has 0 bridgehead atoms. The first kappa shape index (κ1) is 12.6. The van der Waals surface area contributed by atoms with Crippen LogP contribution >= 0.6 is 11.6 Å². The third-order valence-electron chi connectivity index (χ3n) is 3.26. The molecule has 0 saturated heterocycles. The van der Waals surface area contributed by atoms with Crippen LogP contribution in [0, 0.1) is 5.82 Å². The molecule has 1 aliphatic rings. The van der Waals surface area contributed by atoms with Crippen molar-refractivity contribution in [1.29, 1.82) is 0 Å². The Hall–Kier alpha value is -1.39. The molecule has 2 aromatic rings. The lowest BCUT2D eigenvalue weighted by Gasteiger charge is -2.09. The van der Waals surface area contributed by atoms with Crippen molar-refractivity contribution in [3.05, 3.63) is 52.8 Å². The predicted octanol–water partition coefficient (Wildman–Crippen LogP) is 2.98. The zero-order valence-electron chi connectivity index (χ0n) is 10.4. The second-order valence-electron chi connectivity index (χ2n) is 4.88. The van der Waals surface area contributed by atoms with Crippen LogP contribution in [-0.4, -0.2) is 15.6 Å². The summed E-state index contributed by atoms with van der Waals surface area (Å²) in [7, 11) is 0. The van der Waals surface area contributed by atoms with Crippen LogP contribution in [0.4, 0.5) is 4.39 Å². The van der Waals surface area contributed by atoms with Gasteiger partial charge in [0.2, 0.25) is 0 Å². The summed E-state index contributed by atoms with van der Waals surface area (Å²) in [5.74, 6) is 0.610. The average Bonchev–Trinajstić information content (AvgIpc) is 3.12. The molecule has 0 unspecified atom stereocenters. The summed E-state index contributed by atoms with van der Waals surface area (Å²) >= 11 is 5.79. The minimum Gasteiger partial charge on any atom is -0.329 e. The molecule has 1 heterocycles. The Morgan fingerprint density at radius 3 is 3.00 bits per heavy atom. The number of hydrogen-bond donors (Lipinski definition) is 1. The molecule has 1 N–H and O–H groups in total. The van der Waals surface area contributed by atoms with Gasteiger partial charge in [-0.25, -0.2) is 9.37 Å². The molecule has 0 atom stereocenters. The predicted molar refractivity (Wildman–Crippen MR) is 72.6 cm³/mol. The molecule has 0 amide bonds. The summed E-state index contributed by atoms with van der Waals surface area (Å²) in [4.78, 5) is 4.35. The highest BCUT2D eigenvalue weighted by molar-refractivity contribution is 6.30. The van der Waals surface area contributed by atoms with Gasteiger partial charge < -0.3 is 9.88 Å². The van der Waals surface area contributed by atoms with E-state index in [1.54, 1.807) is 18.3 Å². The van der Waals surface area contributed by atoms with Crippen molar-refractivity contribution in [2.75, 3.05) is 0 Å². The molecular formula is C14H15ClFN3. The van der Waals surface area contributed by atoms with E-state index in [9.17, 15) is 4.39 Å². The molecule has 1 aromatic heterocycles. The average molecular weight is 280 g/mol. The van der Waals surface area contributed by atoms with E-state index in [4.69, 9.17) is 11.6 Å². The van der Waals surface area contributed by atoms with Gasteiger partial charge in [0.1, 0.15) is 11.6 Å².